The van der Waals surface area contributed by atoms with Gasteiger partial charge in [0.25, 0.3) is 0 Å². The Morgan fingerprint density at radius 3 is 1.89 bits per heavy atom. The van der Waals surface area contributed by atoms with Crippen molar-refractivity contribution < 1.29 is 9.52 Å². The maximum absolute atomic E-state index is 13.0. The first-order valence-electron chi connectivity index (χ1n) is 12.5. The topological polar surface area (TPSA) is 33.4 Å². The number of halogens is 1. The first kappa shape index (κ1) is 22.4. The minimum Gasteiger partial charge on any atom is -0.455 e. The summed E-state index contributed by atoms with van der Waals surface area (Å²) in [5.41, 5.74) is 6.47. The van der Waals surface area contributed by atoms with Crippen molar-refractivity contribution in [1.82, 2.24) is 0 Å². The monoisotopic (exact) mass is 500 g/mol. The Morgan fingerprint density at radius 1 is 0.595 bits per heavy atom. The molecule has 5 aromatic carbocycles. The molecular weight excluding hydrogens is 476 g/mol. The quantitative estimate of drug-likeness (QED) is 0.257. The van der Waals surface area contributed by atoms with Crippen LogP contribution in [0.1, 0.15) is 41.7 Å². The summed E-state index contributed by atoms with van der Waals surface area (Å²) in [6.45, 7) is 4.44. The van der Waals surface area contributed by atoms with Gasteiger partial charge in [-0.3, -0.25) is 0 Å². The van der Waals surface area contributed by atoms with Gasteiger partial charge in [-0.05, 0) is 46.0 Å². The van der Waals surface area contributed by atoms with Crippen LogP contribution in [0.25, 0.3) is 33.1 Å². The van der Waals surface area contributed by atoms with E-state index in [-0.39, 0.29) is 5.41 Å². The maximum Gasteiger partial charge on any atom is 0.143 e. The molecule has 1 aliphatic carbocycles. The molecule has 2 nitrogen and oxygen atoms in total. The van der Waals surface area contributed by atoms with Gasteiger partial charge in [-0.1, -0.05) is 116 Å². The lowest BCUT2D eigenvalue weighted by Crippen LogP contribution is -2.41. The average Bonchev–Trinajstić information content (AvgIpc) is 3.31. The number of fused-ring (bicyclic) bond motifs is 5. The summed E-state index contributed by atoms with van der Waals surface area (Å²) in [5.74, 6) is 0. The van der Waals surface area contributed by atoms with E-state index in [0.717, 1.165) is 60.9 Å². The zero-order valence-corrected chi connectivity index (χ0v) is 21.4. The van der Waals surface area contributed by atoms with Crippen LogP contribution in [0.3, 0.4) is 0 Å². The lowest BCUT2D eigenvalue weighted by Gasteiger charge is -2.45. The normalized spacial score (nSPS) is 15.5. The van der Waals surface area contributed by atoms with Crippen LogP contribution in [-0.4, -0.2) is 5.11 Å². The second-order valence-corrected chi connectivity index (χ2v) is 10.8. The summed E-state index contributed by atoms with van der Waals surface area (Å²) in [4.78, 5) is 0. The van der Waals surface area contributed by atoms with Crippen molar-refractivity contribution in [2.45, 2.75) is 24.9 Å². The molecule has 0 spiro atoms. The first-order valence-corrected chi connectivity index (χ1v) is 12.9. The van der Waals surface area contributed by atoms with E-state index >= 15 is 0 Å². The zero-order chi connectivity index (χ0) is 25.4. The SMILES string of the molecule is CC1(C)c2ccccc2C(O)(c2cc(Cl)ccc2-c2cccc3c2oc2ccccc23)c2ccccc21. The third kappa shape index (κ3) is 3.03. The van der Waals surface area contributed by atoms with Gasteiger partial charge >= 0.3 is 0 Å². The van der Waals surface area contributed by atoms with Crippen molar-refractivity contribution in [1.29, 1.82) is 0 Å². The molecule has 0 aliphatic heterocycles. The molecule has 0 saturated carbocycles. The highest BCUT2D eigenvalue weighted by molar-refractivity contribution is 6.30. The minimum atomic E-state index is -1.41. The van der Waals surface area contributed by atoms with Crippen LogP contribution in [0.4, 0.5) is 0 Å². The standard InChI is InChI=1S/C34H25ClO2/c1-33(2)26-13-4-6-15-28(26)34(36,29-16-7-5-14-27(29)33)30-20-21(35)18-19-22(30)24-11-9-12-25-23-10-3-8-17-31(23)37-32(24)25/h3-20,36H,1-2H3. The highest BCUT2D eigenvalue weighted by Gasteiger charge is 2.47. The van der Waals surface area contributed by atoms with E-state index in [1.807, 2.05) is 78.9 Å². The van der Waals surface area contributed by atoms with Crippen LogP contribution < -0.4 is 0 Å². The zero-order valence-electron chi connectivity index (χ0n) is 20.6. The summed E-state index contributed by atoms with van der Waals surface area (Å²) < 4.78 is 6.40. The third-order valence-corrected chi connectivity index (χ3v) is 8.28. The largest absolute Gasteiger partial charge is 0.455 e. The Bertz CT molecular complexity index is 1790. The smallest absolute Gasteiger partial charge is 0.143 e. The molecule has 1 aliphatic rings. The van der Waals surface area contributed by atoms with Gasteiger partial charge in [0.15, 0.2) is 0 Å². The highest BCUT2D eigenvalue weighted by atomic mass is 35.5. The molecule has 0 bridgehead atoms. The van der Waals surface area contributed by atoms with Gasteiger partial charge in [0.05, 0.1) is 0 Å². The van der Waals surface area contributed by atoms with Gasteiger partial charge in [0, 0.05) is 32.3 Å². The lowest BCUT2D eigenvalue weighted by atomic mass is 9.61. The van der Waals surface area contributed by atoms with Crippen molar-refractivity contribution in [3.63, 3.8) is 0 Å². The molecule has 0 radical (unpaired) electrons. The Morgan fingerprint density at radius 2 is 1.19 bits per heavy atom. The lowest BCUT2D eigenvalue weighted by molar-refractivity contribution is 0.117. The predicted molar refractivity (Wildman–Crippen MR) is 151 cm³/mol. The summed E-state index contributed by atoms with van der Waals surface area (Å²) in [6, 6.07) is 36.5. The summed E-state index contributed by atoms with van der Waals surface area (Å²) in [7, 11) is 0. The molecule has 6 aromatic rings. The number of hydrogen-bond donors (Lipinski definition) is 1. The molecule has 0 saturated heterocycles. The minimum absolute atomic E-state index is 0.267. The van der Waals surface area contributed by atoms with Crippen LogP contribution in [0.15, 0.2) is 114 Å². The Hall–Kier alpha value is -3.85. The van der Waals surface area contributed by atoms with Gasteiger partial charge in [-0.15, -0.1) is 0 Å². The molecule has 3 heteroatoms. The number of para-hydroxylation sites is 2. The fourth-order valence-electron chi connectivity index (χ4n) is 6.28. The molecule has 0 amide bonds. The number of benzene rings is 5. The van der Waals surface area contributed by atoms with Crippen LogP contribution in [0.2, 0.25) is 5.02 Å². The van der Waals surface area contributed by atoms with Crippen molar-refractivity contribution in [2.24, 2.45) is 0 Å². The van der Waals surface area contributed by atoms with Crippen molar-refractivity contribution in [2.75, 3.05) is 0 Å². The second kappa shape index (κ2) is 7.82. The fraction of sp³-hybridized carbons (Fsp3) is 0.118. The molecule has 180 valence electrons. The van der Waals surface area contributed by atoms with E-state index in [9.17, 15) is 5.11 Å². The second-order valence-electron chi connectivity index (χ2n) is 10.4. The molecule has 0 unspecified atom stereocenters. The van der Waals surface area contributed by atoms with Gasteiger partial charge < -0.3 is 9.52 Å². The van der Waals surface area contributed by atoms with Crippen molar-refractivity contribution in [3.8, 4) is 11.1 Å². The van der Waals surface area contributed by atoms with E-state index in [1.54, 1.807) is 0 Å². The Labute approximate surface area is 220 Å². The molecule has 1 aromatic heterocycles. The number of furan rings is 1. The molecule has 1 N–H and O–H groups in total. The summed E-state index contributed by atoms with van der Waals surface area (Å²) in [5, 5.41) is 15.7. The first-order chi connectivity index (χ1) is 17.9. The van der Waals surface area contributed by atoms with Crippen molar-refractivity contribution >= 4 is 33.5 Å². The van der Waals surface area contributed by atoms with Crippen LogP contribution in [0, 0.1) is 0 Å². The molecule has 0 fully saturated rings. The van der Waals surface area contributed by atoms with Crippen LogP contribution >= 0.6 is 11.6 Å². The van der Waals surface area contributed by atoms with Crippen LogP contribution in [0.5, 0.6) is 0 Å². The molecule has 0 atom stereocenters. The van der Waals surface area contributed by atoms with Gasteiger partial charge in [0.1, 0.15) is 16.8 Å². The Kier molecular flexibility index (Phi) is 4.73. The number of aliphatic hydroxyl groups is 1. The van der Waals surface area contributed by atoms with E-state index in [2.05, 4.69) is 44.2 Å². The van der Waals surface area contributed by atoms with Gasteiger partial charge in [-0.25, -0.2) is 0 Å². The Balaban J connectivity index is 1.59. The molecule has 1 heterocycles. The maximum atomic E-state index is 13.0. The fourth-order valence-corrected chi connectivity index (χ4v) is 6.45. The molecule has 7 rings (SSSR count). The average molecular weight is 501 g/mol. The highest BCUT2D eigenvalue weighted by Crippen LogP contribution is 2.53. The number of rotatable bonds is 2. The third-order valence-electron chi connectivity index (χ3n) is 8.05. The van der Waals surface area contributed by atoms with E-state index in [1.165, 1.54) is 0 Å². The summed E-state index contributed by atoms with van der Waals surface area (Å²) >= 11 is 6.64. The van der Waals surface area contributed by atoms with Gasteiger partial charge in [0.2, 0.25) is 0 Å². The van der Waals surface area contributed by atoms with E-state index < -0.39 is 5.60 Å². The molecule has 37 heavy (non-hydrogen) atoms. The van der Waals surface area contributed by atoms with Crippen molar-refractivity contribution in [3.05, 3.63) is 142 Å². The van der Waals surface area contributed by atoms with E-state index in [0.29, 0.717) is 5.02 Å². The van der Waals surface area contributed by atoms with Gasteiger partial charge in [-0.2, -0.15) is 0 Å². The molecular formula is C34H25ClO2. The van der Waals surface area contributed by atoms with E-state index in [4.69, 9.17) is 16.0 Å². The summed E-state index contributed by atoms with van der Waals surface area (Å²) in [6.07, 6.45) is 0. The predicted octanol–water partition coefficient (Wildman–Crippen LogP) is 8.83. The number of hydrogen-bond acceptors (Lipinski definition) is 2. The van der Waals surface area contributed by atoms with Crippen LogP contribution in [-0.2, 0) is 11.0 Å².